The summed E-state index contributed by atoms with van der Waals surface area (Å²) in [6, 6.07) is 6.19. The lowest BCUT2D eigenvalue weighted by Gasteiger charge is -2.05. The van der Waals surface area contributed by atoms with Crippen LogP contribution in [-0.4, -0.2) is 19.3 Å². The van der Waals surface area contributed by atoms with Gasteiger partial charge >= 0.3 is 0 Å². The SMILES string of the molecule is O=C(Cc1ccc(Cl)s1)NS(=O)(=O)c1cccnc1. The minimum absolute atomic E-state index is 0.0309. The van der Waals surface area contributed by atoms with Crippen LogP contribution in [0, 0.1) is 0 Å². The zero-order valence-corrected chi connectivity index (χ0v) is 11.9. The fourth-order valence-corrected chi connectivity index (χ4v) is 3.39. The average molecular weight is 317 g/mol. The highest BCUT2D eigenvalue weighted by Crippen LogP contribution is 2.21. The Labute approximate surface area is 119 Å². The average Bonchev–Trinajstić information content (AvgIpc) is 2.75. The third kappa shape index (κ3) is 3.76. The summed E-state index contributed by atoms with van der Waals surface area (Å²) in [5.41, 5.74) is 0. The Bertz CT molecular complexity index is 683. The lowest BCUT2D eigenvalue weighted by Crippen LogP contribution is -2.31. The molecule has 0 fully saturated rings. The van der Waals surface area contributed by atoms with Gasteiger partial charge in [-0.05, 0) is 24.3 Å². The molecule has 0 aromatic carbocycles. The lowest BCUT2D eigenvalue weighted by atomic mass is 10.3. The molecule has 0 spiro atoms. The molecule has 19 heavy (non-hydrogen) atoms. The van der Waals surface area contributed by atoms with Crippen LogP contribution in [0.1, 0.15) is 4.88 Å². The fourth-order valence-electron chi connectivity index (χ4n) is 1.36. The second kappa shape index (κ2) is 5.68. The summed E-state index contributed by atoms with van der Waals surface area (Å²) in [7, 11) is -3.86. The van der Waals surface area contributed by atoms with Gasteiger partial charge in [0.1, 0.15) is 4.90 Å². The fraction of sp³-hybridized carbons (Fsp3) is 0.0909. The molecule has 2 aromatic heterocycles. The van der Waals surface area contributed by atoms with Crippen molar-refractivity contribution in [2.75, 3.05) is 0 Å². The molecule has 0 radical (unpaired) electrons. The number of amides is 1. The molecule has 1 amide bonds. The minimum atomic E-state index is -3.86. The Kier molecular flexibility index (Phi) is 4.18. The molecule has 100 valence electrons. The summed E-state index contributed by atoms with van der Waals surface area (Å²) in [5, 5.41) is 0. The number of hydrogen-bond acceptors (Lipinski definition) is 5. The van der Waals surface area contributed by atoms with Crippen LogP contribution in [0.25, 0.3) is 0 Å². The highest BCUT2D eigenvalue weighted by atomic mass is 35.5. The number of thiophene rings is 1. The Morgan fingerprint density at radius 2 is 2.16 bits per heavy atom. The smallest absolute Gasteiger partial charge is 0.265 e. The van der Waals surface area contributed by atoms with E-state index in [9.17, 15) is 13.2 Å². The summed E-state index contributed by atoms with van der Waals surface area (Å²) < 4.78 is 26.2. The van der Waals surface area contributed by atoms with Crippen LogP contribution in [0.3, 0.4) is 0 Å². The van der Waals surface area contributed by atoms with Crippen LogP contribution >= 0.6 is 22.9 Å². The van der Waals surface area contributed by atoms with Gasteiger partial charge < -0.3 is 0 Å². The van der Waals surface area contributed by atoms with Crippen LogP contribution < -0.4 is 4.72 Å². The first-order valence-electron chi connectivity index (χ1n) is 5.17. The molecule has 5 nitrogen and oxygen atoms in total. The molecule has 0 saturated carbocycles. The molecular formula is C11H9ClN2O3S2. The molecule has 0 bridgehead atoms. The molecule has 2 heterocycles. The maximum Gasteiger partial charge on any atom is 0.265 e. The molecule has 2 aromatic rings. The van der Waals surface area contributed by atoms with Crippen LogP contribution in [-0.2, 0) is 21.2 Å². The number of nitrogens with zero attached hydrogens (tertiary/aromatic N) is 1. The summed E-state index contributed by atoms with van der Waals surface area (Å²) in [4.78, 5) is 16.0. The molecule has 0 saturated heterocycles. The largest absolute Gasteiger partial charge is 0.274 e. The standard InChI is InChI=1S/C11H9ClN2O3S2/c12-10-4-3-8(18-10)6-11(15)14-19(16,17)9-2-1-5-13-7-9/h1-5,7H,6H2,(H,14,15). The van der Waals surface area contributed by atoms with Crippen molar-refractivity contribution in [2.45, 2.75) is 11.3 Å². The van der Waals surface area contributed by atoms with Gasteiger partial charge in [-0.15, -0.1) is 11.3 Å². The predicted octanol–water partition coefficient (Wildman–Crippen LogP) is 1.84. The van der Waals surface area contributed by atoms with E-state index >= 15 is 0 Å². The van der Waals surface area contributed by atoms with Gasteiger partial charge in [0, 0.05) is 17.3 Å². The number of pyridine rings is 1. The molecule has 0 atom stereocenters. The number of aromatic nitrogens is 1. The predicted molar refractivity (Wildman–Crippen MR) is 72.6 cm³/mol. The molecule has 0 unspecified atom stereocenters. The van der Waals surface area contributed by atoms with Crippen LogP contribution in [0.4, 0.5) is 0 Å². The summed E-state index contributed by atoms with van der Waals surface area (Å²) in [6.45, 7) is 0. The quantitative estimate of drug-likeness (QED) is 0.934. The van der Waals surface area contributed by atoms with E-state index in [2.05, 4.69) is 4.98 Å². The number of rotatable bonds is 4. The molecule has 2 rings (SSSR count). The maximum atomic E-state index is 11.8. The third-order valence-electron chi connectivity index (χ3n) is 2.16. The van der Waals surface area contributed by atoms with Crippen molar-refractivity contribution in [3.05, 3.63) is 45.9 Å². The Morgan fingerprint density at radius 3 is 2.74 bits per heavy atom. The van der Waals surface area contributed by atoms with E-state index in [4.69, 9.17) is 11.6 Å². The number of halogens is 1. The van der Waals surface area contributed by atoms with E-state index in [0.29, 0.717) is 9.21 Å². The van der Waals surface area contributed by atoms with Crippen molar-refractivity contribution in [3.63, 3.8) is 0 Å². The van der Waals surface area contributed by atoms with Gasteiger partial charge in [0.05, 0.1) is 10.8 Å². The number of sulfonamides is 1. The zero-order valence-electron chi connectivity index (χ0n) is 9.54. The number of carbonyl (C=O) groups excluding carboxylic acids is 1. The van der Waals surface area contributed by atoms with E-state index in [1.165, 1.54) is 35.9 Å². The van der Waals surface area contributed by atoms with E-state index in [0.717, 1.165) is 0 Å². The topological polar surface area (TPSA) is 76.1 Å². The molecule has 0 aliphatic heterocycles. The van der Waals surface area contributed by atoms with Gasteiger partial charge in [-0.1, -0.05) is 11.6 Å². The monoisotopic (exact) mass is 316 g/mol. The number of nitrogens with one attached hydrogen (secondary N) is 1. The van der Waals surface area contributed by atoms with E-state index in [-0.39, 0.29) is 11.3 Å². The normalized spacial score (nSPS) is 11.2. The van der Waals surface area contributed by atoms with Gasteiger partial charge in [0.15, 0.2) is 0 Å². The zero-order chi connectivity index (χ0) is 13.9. The summed E-state index contributed by atoms with van der Waals surface area (Å²) in [5.74, 6) is -0.609. The van der Waals surface area contributed by atoms with Crippen molar-refractivity contribution in [1.82, 2.24) is 9.71 Å². The molecule has 0 aliphatic rings. The van der Waals surface area contributed by atoms with Crippen molar-refractivity contribution >= 4 is 38.9 Å². The Balaban J connectivity index is 2.07. The maximum absolute atomic E-state index is 11.8. The van der Waals surface area contributed by atoms with Crippen LogP contribution in [0.2, 0.25) is 4.34 Å². The highest BCUT2D eigenvalue weighted by Gasteiger charge is 2.18. The first kappa shape index (κ1) is 14.0. The van der Waals surface area contributed by atoms with Crippen molar-refractivity contribution in [3.8, 4) is 0 Å². The molecule has 1 N–H and O–H groups in total. The Hall–Kier alpha value is -1.44. The third-order valence-corrected chi connectivity index (χ3v) is 4.75. The van der Waals surface area contributed by atoms with E-state index in [1.54, 1.807) is 12.1 Å². The van der Waals surface area contributed by atoms with Crippen molar-refractivity contribution in [1.29, 1.82) is 0 Å². The van der Waals surface area contributed by atoms with Crippen LogP contribution in [0.15, 0.2) is 41.6 Å². The van der Waals surface area contributed by atoms with Gasteiger partial charge in [-0.3, -0.25) is 9.78 Å². The summed E-state index contributed by atoms with van der Waals surface area (Å²) >= 11 is 6.97. The lowest BCUT2D eigenvalue weighted by molar-refractivity contribution is -0.118. The van der Waals surface area contributed by atoms with Gasteiger partial charge in [0.25, 0.3) is 10.0 Å². The first-order chi connectivity index (χ1) is 8.97. The van der Waals surface area contributed by atoms with Crippen molar-refractivity contribution in [2.24, 2.45) is 0 Å². The Morgan fingerprint density at radius 1 is 1.37 bits per heavy atom. The minimum Gasteiger partial charge on any atom is -0.274 e. The highest BCUT2D eigenvalue weighted by molar-refractivity contribution is 7.90. The van der Waals surface area contributed by atoms with Crippen LogP contribution in [0.5, 0.6) is 0 Å². The first-order valence-corrected chi connectivity index (χ1v) is 7.85. The number of carbonyl (C=O) groups is 1. The molecule has 0 aliphatic carbocycles. The number of hydrogen-bond donors (Lipinski definition) is 1. The molecule has 8 heteroatoms. The van der Waals surface area contributed by atoms with Gasteiger partial charge in [-0.25, -0.2) is 13.1 Å². The van der Waals surface area contributed by atoms with E-state index < -0.39 is 15.9 Å². The second-order valence-electron chi connectivity index (χ2n) is 3.60. The van der Waals surface area contributed by atoms with Crippen molar-refractivity contribution < 1.29 is 13.2 Å². The molecular weight excluding hydrogens is 308 g/mol. The van der Waals surface area contributed by atoms with E-state index in [1.807, 2.05) is 4.72 Å². The van der Waals surface area contributed by atoms with Gasteiger partial charge in [0.2, 0.25) is 5.91 Å². The van der Waals surface area contributed by atoms with Gasteiger partial charge in [-0.2, -0.15) is 0 Å². The summed E-state index contributed by atoms with van der Waals surface area (Å²) in [6.07, 6.45) is 2.60. The second-order valence-corrected chi connectivity index (χ2v) is 7.08.